The average Bonchev–Trinajstić information content (AvgIpc) is 3.25. The Hall–Kier alpha value is -2.03. The first-order valence-electron chi connectivity index (χ1n) is 12.2. The number of amides is 1. The number of aromatic nitrogens is 2. The van der Waals surface area contributed by atoms with Gasteiger partial charge in [0, 0.05) is 56.5 Å². The van der Waals surface area contributed by atoms with Crippen LogP contribution in [0.1, 0.15) is 69.0 Å². The van der Waals surface area contributed by atoms with Crippen LogP contribution < -0.4 is 10.8 Å². The summed E-state index contributed by atoms with van der Waals surface area (Å²) in [5.41, 5.74) is 4.07. The Balaban J connectivity index is 1.21. The molecule has 3 fully saturated rings. The summed E-state index contributed by atoms with van der Waals surface area (Å²) in [5, 5.41) is 3.50. The second-order valence-corrected chi connectivity index (χ2v) is 9.34. The van der Waals surface area contributed by atoms with Crippen LogP contribution in [0.3, 0.4) is 0 Å². The highest BCUT2D eigenvalue weighted by Gasteiger charge is 2.26. The molecule has 0 spiro atoms. The summed E-state index contributed by atoms with van der Waals surface area (Å²) in [6, 6.07) is 0.393. The molecule has 3 aliphatic rings. The molecule has 2 saturated heterocycles. The van der Waals surface area contributed by atoms with Gasteiger partial charge in [-0.15, -0.1) is 0 Å². The molecule has 32 heavy (non-hydrogen) atoms. The number of ether oxygens (including phenoxy) is 1. The van der Waals surface area contributed by atoms with Gasteiger partial charge in [0.1, 0.15) is 0 Å². The average molecular weight is 444 g/mol. The number of hydrogen-bond acceptors (Lipinski definition) is 7. The van der Waals surface area contributed by atoms with Gasteiger partial charge >= 0.3 is 0 Å². The van der Waals surface area contributed by atoms with E-state index in [4.69, 9.17) is 9.57 Å². The Bertz CT molecular complexity index is 775. The monoisotopic (exact) mass is 443 g/mol. The molecular formula is C24H37N5O3. The van der Waals surface area contributed by atoms with Crippen LogP contribution in [0.4, 0.5) is 5.95 Å². The molecule has 1 aromatic rings. The molecular weight excluding hydrogens is 406 g/mol. The molecule has 0 radical (unpaired) electrons. The number of hydroxylamine groups is 1. The fraction of sp³-hybridized carbons (Fsp3) is 0.708. The zero-order valence-corrected chi connectivity index (χ0v) is 19.2. The zero-order chi connectivity index (χ0) is 22.2. The number of hydrogen-bond donors (Lipinski definition) is 2. The highest BCUT2D eigenvalue weighted by molar-refractivity contribution is 5.91. The number of carbonyl (C=O) groups excluding carboxylic acids is 1. The SMILES string of the molecule is Cc1nc(N[C@@H]2CCN(CC3CCCCC3)C2)ncc1/C=C/C(=O)NOC1CCCCO1. The smallest absolute Gasteiger partial charge is 0.267 e. The van der Waals surface area contributed by atoms with Crippen molar-refractivity contribution in [1.82, 2.24) is 20.3 Å². The van der Waals surface area contributed by atoms with E-state index >= 15 is 0 Å². The Morgan fingerprint density at radius 1 is 1.22 bits per heavy atom. The summed E-state index contributed by atoms with van der Waals surface area (Å²) >= 11 is 0. The predicted molar refractivity (Wildman–Crippen MR) is 124 cm³/mol. The van der Waals surface area contributed by atoms with Gasteiger partial charge in [0.15, 0.2) is 6.29 Å². The maximum absolute atomic E-state index is 12.0. The van der Waals surface area contributed by atoms with Crippen molar-refractivity contribution < 1.29 is 14.4 Å². The van der Waals surface area contributed by atoms with Gasteiger partial charge in [-0.3, -0.25) is 4.79 Å². The second-order valence-electron chi connectivity index (χ2n) is 9.34. The van der Waals surface area contributed by atoms with Gasteiger partial charge in [-0.1, -0.05) is 19.3 Å². The highest BCUT2D eigenvalue weighted by Crippen LogP contribution is 2.26. The first-order valence-corrected chi connectivity index (χ1v) is 12.2. The number of anilines is 1. The first-order chi connectivity index (χ1) is 15.7. The molecule has 4 rings (SSSR count). The second kappa shape index (κ2) is 11.7. The van der Waals surface area contributed by atoms with Crippen LogP contribution in [0.5, 0.6) is 0 Å². The maximum atomic E-state index is 12.0. The van der Waals surface area contributed by atoms with Crippen LogP contribution in [0.25, 0.3) is 6.08 Å². The Kier molecular flexibility index (Phi) is 8.48. The van der Waals surface area contributed by atoms with Crippen molar-refractivity contribution in [1.29, 1.82) is 0 Å². The van der Waals surface area contributed by atoms with Crippen LogP contribution in [0.15, 0.2) is 12.3 Å². The van der Waals surface area contributed by atoms with Gasteiger partial charge in [0.25, 0.3) is 5.91 Å². The third kappa shape index (κ3) is 6.98. The van der Waals surface area contributed by atoms with Crippen LogP contribution in [-0.4, -0.2) is 59.3 Å². The van der Waals surface area contributed by atoms with Crippen LogP contribution in [0, 0.1) is 12.8 Å². The zero-order valence-electron chi connectivity index (χ0n) is 19.2. The van der Waals surface area contributed by atoms with E-state index in [0.717, 1.165) is 55.9 Å². The fourth-order valence-electron chi connectivity index (χ4n) is 4.87. The summed E-state index contributed by atoms with van der Waals surface area (Å²) in [5.74, 6) is 1.21. The van der Waals surface area contributed by atoms with Gasteiger partial charge in [-0.25, -0.2) is 20.3 Å². The van der Waals surface area contributed by atoms with Gasteiger partial charge < -0.3 is 15.0 Å². The van der Waals surface area contributed by atoms with Crippen LogP contribution in [-0.2, 0) is 14.4 Å². The molecule has 1 amide bonds. The molecule has 176 valence electrons. The van der Waals surface area contributed by atoms with E-state index < -0.39 is 0 Å². The first kappa shape index (κ1) is 23.1. The minimum Gasteiger partial charge on any atom is -0.350 e. The van der Waals surface area contributed by atoms with Crippen molar-refractivity contribution in [2.45, 2.75) is 77.0 Å². The Morgan fingerprint density at radius 2 is 2.06 bits per heavy atom. The molecule has 8 heteroatoms. The summed E-state index contributed by atoms with van der Waals surface area (Å²) < 4.78 is 5.43. The van der Waals surface area contributed by atoms with Gasteiger partial charge in [-0.2, -0.15) is 0 Å². The quantitative estimate of drug-likeness (QED) is 0.470. The normalized spacial score (nSPS) is 25.3. The van der Waals surface area contributed by atoms with Crippen molar-refractivity contribution in [2.24, 2.45) is 5.92 Å². The lowest BCUT2D eigenvalue weighted by Crippen LogP contribution is -2.32. The molecule has 8 nitrogen and oxygen atoms in total. The maximum Gasteiger partial charge on any atom is 0.267 e. The number of nitrogens with one attached hydrogen (secondary N) is 2. The van der Waals surface area contributed by atoms with E-state index in [2.05, 4.69) is 25.7 Å². The molecule has 2 aliphatic heterocycles. The summed E-state index contributed by atoms with van der Waals surface area (Å²) in [6.45, 7) is 6.05. The van der Waals surface area contributed by atoms with Crippen molar-refractivity contribution in [3.8, 4) is 0 Å². The predicted octanol–water partition coefficient (Wildman–Crippen LogP) is 3.44. The van der Waals surface area contributed by atoms with E-state index in [9.17, 15) is 4.79 Å². The molecule has 1 aromatic heterocycles. The van der Waals surface area contributed by atoms with Gasteiger partial charge in [0.05, 0.1) is 5.69 Å². The number of aryl methyl sites for hydroxylation is 1. The highest BCUT2D eigenvalue weighted by atomic mass is 16.8. The minimum atomic E-state index is -0.356. The van der Waals surface area contributed by atoms with E-state index in [0.29, 0.717) is 18.6 Å². The lowest BCUT2D eigenvalue weighted by atomic mass is 9.89. The third-order valence-corrected chi connectivity index (χ3v) is 6.71. The van der Waals surface area contributed by atoms with Gasteiger partial charge in [-0.05, 0) is 51.0 Å². The summed E-state index contributed by atoms with van der Waals surface area (Å²) in [7, 11) is 0. The summed E-state index contributed by atoms with van der Waals surface area (Å²) in [6.07, 6.45) is 15.6. The van der Waals surface area contributed by atoms with Crippen LogP contribution >= 0.6 is 0 Å². The lowest BCUT2D eigenvalue weighted by molar-refractivity contribution is -0.198. The van der Waals surface area contributed by atoms with E-state index in [1.165, 1.54) is 44.7 Å². The van der Waals surface area contributed by atoms with Crippen molar-refractivity contribution >= 4 is 17.9 Å². The standard InChI is InChI=1S/C24H37N5O3/c1-18-20(10-11-22(30)28-32-23-9-5-6-14-31-23)15-25-24(26-18)27-21-12-13-29(17-21)16-19-7-3-2-4-8-19/h10-11,15,19,21,23H,2-9,12-14,16-17H2,1H3,(H,28,30)(H,25,26,27)/b11-10+/t21-,23?/m1/s1. The largest absolute Gasteiger partial charge is 0.350 e. The molecule has 1 aliphatic carbocycles. The van der Waals surface area contributed by atoms with Crippen molar-refractivity contribution in [2.75, 3.05) is 31.6 Å². The number of likely N-dealkylation sites (tertiary alicyclic amines) is 1. The van der Waals surface area contributed by atoms with Crippen molar-refractivity contribution in [3.05, 3.63) is 23.5 Å². The van der Waals surface area contributed by atoms with Crippen LogP contribution in [0.2, 0.25) is 0 Å². The number of nitrogens with zero attached hydrogens (tertiary/aromatic N) is 3. The van der Waals surface area contributed by atoms with E-state index in [1.54, 1.807) is 12.3 Å². The molecule has 0 aromatic carbocycles. The summed E-state index contributed by atoms with van der Waals surface area (Å²) in [4.78, 5) is 29.0. The topological polar surface area (TPSA) is 88.6 Å². The molecule has 1 saturated carbocycles. The molecule has 2 N–H and O–H groups in total. The number of carbonyl (C=O) groups is 1. The Labute approximate surface area is 191 Å². The van der Waals surface area contributed by atoms with E-state index in [1.807, 2.05) is 6.92 Å². The lowest BCUT2D eigenvalue weighted by Gasteiger charge is -2.26. The minimum absolute atomic E-state index is 0.329. The molecule has 2 atom stereocenters. The van der Waals surface area contributed by atoms with E-state index in [-0.39, 0.29) is 12.2 Å². The Morgan fingerprint density at radius 3 is 2.84 bits per heavy atom. The molecule has 0 bridgehead atoms. The third-order valence-electron chi connectivity index (χ3n) is 6.71. The van der Waals surface area contributed by atoms with Gasteiger partial charge in [0.2, 0.25) is 5.95 Å². The number of rotatable bonds is 8. The molecule has 1 unspecified atom stereocenters. The molecule has 3 heterocycles. The van der Waals surface area contributed by atoms with Crippen molar-refractivity contribution in [3.63, 3.8) is 0 Å². The fourth-order valence-corrected chi connectivity index (χ4v) is 4.87.